The van der Waals surface area contributed by atoms with Crippen molar-refractivity contribution in [2.45, 2.75) is 32.0 Å². The molecule has 5 heteroatoms. The zero-order valence-electron chi connectivity index (χ0n) is 10.4. The van der Waals surface area contributed by atoms with Crippen LogP contribution in [0.1, 0.15) is 26.3 Å². The van der Waals surface area contributed by atoms with Gasteiger partial charge in [-0.25, -0.2) is 8.78 Å². The van der Waals surface area contributed by atoms with Crippen molar-refractivity contribution < 1.29 is 13.6 Å². The summed E-state index contributed by atoms with van der Waals surface area (Å²) in [7, 11) is 0. The van der Waals surface area contributed by atoms with Crippen molar-refractivity contribution in [2.75, 3.05) is 0 Å². The molecule has 0 fully saturated rings. The highest BCUT2D eigenvalue weighted by Crippen LogP contribution is 2.28. The lowest BCUT2D eigenvalue weighted by molar-refractivity contribution is -0.125. The molecule has 0 saturated carbocycles. The average molecular weight is 384 g/mol. The highest BCUT2D eigenvalue weighted by atomic mass is 79.9. The molecule has 0 aliphatic heterocycles. The van der Waals surface area contributed by atoms with Crippen molar-refractivity contribution in [3.63, 3.8) is 0 Å². The Bertz CT molecular complexity index is 444. The van der Waals surface area contributed by atoms with E-state index in [0.29, 0.717) is 10.0 Å². The van der Waals surface area contributed by atoms with E-state index in [1.807, 2.05) is 0 Å². The Hall–Kier alpha value is -0.290. The monoisotopic (exact) mass is 382 g/mol. The van der Waals surface area contributed by atoms with Crippen molar-refractivity contribution in [1.82, 2.24) is 0 Å². The molecule has 0 N–H and O–H groups in total. The summed E-state index contributed by atoms with van der Waals surface area (Å²) in [5.41, 5.74) is -0.201. The minimum atomic E-state index is -0.645. The largest absolute Gasteiger partial charge is 0.298 e. The number of carbonyl (C=O) groups is 1. The summed E-state index contributed by atoms with van der Waals surface area (Å²) in [6.07, 6.45) is 0.183. The van der Waals surface area contributed by atoms with Crippen LogP contribution in [0.3, 0.4) is 0 Å². The summed E-state index contributed by atoms with van der Waals surface area (Å²) in [6, 6.07) is 2.01. The van der Waals surface area contributed by atoms with Gasteiger partial charge in [-0.1, -0.05) is 52.6 Å². The van der Waals surface area contributed by atoms with Gasteiger partial charge in [0.25, 0.3) is 0 Å². The van der Waals surface area contributed by atoms with Gasteiger partial charge in [0, 0.05) is 21.5 Å². The minimum Gasteiger partial charge on any atom is -0.298 e. The number of carbonyl (C=O) groups excluding carboxylic acids is 1. The number of benzene rings is 1. The first-order valence-corrected chi connectivity index (χ1v) is 7.15. The molecule has 100 valence electrons. The first kappa shape index (κ1) is 15.8. The zero-order chi connectivity index (χ0) is 14.1. The topological polar surface area (TPSA) is 17.1 Å². The normalized spacial score (nSPS) is 13.5. The first-order chi connectivity index (χ1) is 8.12. The zero-order valence-corrected chi connectivity index (χ0v) is 13.5. The van der Waals surface area contributed by atoms with Gasteiger partial charge < -0.3 is 0 Å². The molecule has 0 spiro atoms. The van der Waals surface area contributed by atoms with E-state index >= 15 is 0 Å². The molecular weight excluding hydrogens is 370 g/mol. The average Bonchev–Trinajstić information content (AvgIpc) is 2.20. The molecule has 1 aromatic rings. The maximum absolute atomic E-state index is 13.6. The molecule has 1 nitrogen and oxygen atoms in total. The molecule has 0 saturated heterocycles. The van der Waals surface area contributed by atoms with Gasteiger partial charge in [0.15, 0.2) is 5.78 Å². The molecule has 1 atom stereocenters. The second-order valence-corrected chi connectivity index (χ2v) is 7.09. The van der Waals surface area contributed by atoms with Gasteiger partial charge >= 0.3 is 0 Å². The lowest BCUT2D eigenvalue weighted by atomic mass is 9.87. The molecule has 0 heterocycles. The van der Waals surface area contributed by atoms with Crippen molar-refractivity contribution in [3.05, 3.63) is 33.8 Å². The Kier molecular flexibility index (Phi) is 5.06. The lowest BCUT2D eigenvalue weighted by Gasteiger charge is -2.21. The molecule has 1 unspecified atom stereocenters. The van der Waals surface area contributed by atoms with Crippen LogP contribution in [-0.2, 0) is 11.2 Å². The fraction of sp³-hybridized carbons (Fsp3) is 0.462. The highest BCUT2D eigenvalue weighted by molar-refractivity contribution is 9.10. The van der Waals surface area contributed by atoms with Gasteiger partial charge in [0.2, 0.25) is 0 Å². The van der Waals surface area contributed by atoms with Crippen LogP contribution in [-0.4, -0.2) is 10.6 Å². The summed E-state index contributed by atoms with van der Waals surface area (Å²) < 4.78 is 26.9. The van der Waals surface area contributed by atoms with Gasteiger partial charge in [-0.05, 0) is 12.5 Å². The van der Waals surface area contributed by atoms with Gasteiger partial charge in [-0.2, -0.15) is 0 Å². The standard InChI is InChI=1S/C13H14Br2F2O/c1-13(2,3)12(18)10(15)6-8-9(14)4-7(16)5-11(8)17/h4-5,10H,6H2,1-3H3. The summed E-state index contributed by atoms with van der Waals surface area (Å²) >= 11 is 6.39. The second kappa shape index (κ2) is 5.78. The molecule has 0 amide bonds. The summed E-state index contributed by atoms with van der Waals surface area (Å²) in [5, 5.41) is 0. The molecular formula is C13H14Br2F2O. The molecule has 1 rings (SSSR count). The predicted octanol–water partition coefficient (Wildman–Crippen LogP) is 4.65. The Morgan fingerprint density at radius 1 is 1.33 bits per heavy atom. The van der Waals surface area contributed by atoms with Gasteiger partial charge in [0.1, 0.15) is 11.6 Å². The van der Waals surface area contributed by atoms with E-state index in [9.17, 15) is 13.6 Å². The number of halogens is 4. The van der Waals surface area contributed by atoms with E-state index in [2.05, 4.69) is 31.9 Å². The third-order valence-corrected chi connectivity index (χ3v) is 3.96. The third-order valence-electron chi connectivity index (χ3n) is 2.51. The molecule has 1 aromatic carbocycles. The van der Waals surface area contributed by atoms with Crippen molar-refractivity contribution in [2.24, 2.45) is 5.41 Å². The van der Waals surface area contributed by atoms with Gasteiger partial charge in [-0.15, -0.1) is 0 Å². The molecule has 0 bridgehead atoms. The molecule has 18 heavy (non-hydrogen) atoms. The number of ketones is 1. The van der Waals surface area contributed by atoms with Crippen LogP contribution in [0.15, 0.2) is 16.6 Å². The highest BCUT2D eigenvalue weighted by Gasteiger charge is 2.29. The second-order valence-electron chi connectivity index (χ2n) is 5.13. The molecule has 0 aliphatic carbocycles. The quantitative estimate of drug-likeness (QED) is 0.694. The van der Waals surface area contributed by atoms with Crippen LogP contribution in [0.2, 0.25) is 0 Å². The summed E-state index contributed by atoms with van der Waals surface area (Å²) in [6.45, 7) is 5.42. The number of alkyl halides is 1. The van der Waals surface area contributed by atoms with Gasteiger partial charge in [-0.3, -0.25) is 4.79 Å². The van der Waals surface area contributed by atoms with E-state index in [0.717, 1.165) is 6.07 Å². The Balaban J connectivity index is 2.96. The minimum absolute atomic E-state index is 0.0156. The van der Waals surface area contributed by atoms with E-state index in [4.69, 9.17) is 0 Å². The van der Waals surface area contributed by atoms with Crippen molar-refractivity contribution in [3.8, 4) is 0 Å². The lowest BCUT2D eigenvalue weighted by Crippen LogP contribution is -2.30. The third kappa shape index (κ3) is 3.85. The predicted molar refractivity (Wildman–Crippen MR) is 74.9 cm³/mol. The van der Waals surface area contributed by atoms with Crippen LogP contribution in [0.4, 0.5) is 8.78 Å². The fourth-order valence-corrected chi connectivity index (χ4v) is 3.09. The Morgan fingerprint density at radius 2 is 1.89 bits per heavy atom. The van der Waals surface area contributed by atoms with Crippen molar-refractivity contribution in [1.29, 1.82) is 0 Å². The van der Waals surface area contributed by atoms with E-state index in [1.54, 1.807) is 20.8 Å². The number of Topliss-reactive ketones (excluding diaryl/α,β-unsaturated/α-hetero) is 1. The number of rotatable bonds is 3. The van der Waals surface area contributed by atoms with Crippen LogP contribution < -0.4 is 0 Å². The van der Waals surface area contributed by atoms with Crippen LogP contribution in [0, 0.1) is 17.0 Å². The molecule has 0 aliphatic rings. The maximum Gasteiger partial charge on any atom is 0.152 e. The van der Waals surface area contributed by atoms with Crippen LogP contribution in [0.5, 0.6) is 0 Å². The fourth-order valence-electron chi connectivity index (χ4n) is 1.51. The molecule has 0 radical (unpaired) electrons. The van der Waals surface area contributed by atoms with Crippen molar-refractivity contribution >= 4 is 37.6 Å². The Labute approximate surface area is 122 Å². The smallest absolute Gasteiger partial charge is 0.152 e. The first-order valence-electron chi connectivity index (χ1n) is 5.44. The Morgan fingerprint density at radius 3 is 2.33 bits per heavy atom. The number of hydrogen-bond acceptors (Lipinski definition) is 1. The van der Waals surface area contributed by atoms with Crippen LogP contribution in [0.25, 0.3) is 0 Å². The van der Waals surface area contributed by atoms with E-state index < -0.39 is 21.9 Å². The van der Waals surface area contributed by atoms with E-state index in [-0.39, 0.29) is 12.2 Å². The SMILES string of the molecule is CC(C)(C)C(=O)C(Br)Cc1c(F)cc(F)cc1Br. The summed E-state index contributed by atoms with van der Waals surface area (Å²) in [5.74, 6) is -1.30. The van der Waals surface area contributed by atoms with Gasteiger partial charge in [0.05, 0.1) is 4.83 Å². The molecule has 0 aromatic heterocycles. The van der Waals surface area contributed by atoms with E-state index in [1.165, 1.54) is 6.07 Å². The maximum atomic E-state index is 13.6. The van der Waals surface area contributed by atoms with Crippen LogP contribution >= 0.6 is 31.9 Å². The number of hydrogen-bond donors (Lipinski definition) is 0. The summed E-state index contributed by atoms with van der Waals surface area (Å²) in [4.78, 5) is 11.5.